The van der Waals surface area contributed by atoms with Crippen LogP contribution >= 0.6 is 15.9 Å². The summed E-state index contributed by atoms with van der Waals surface area (Å²) in [6.07, 6.45) is 0.491. The zero-order chi connectivity index (χ0) is 14.5. The molecule has 0 bridgehead atoms. The van der Waals surface area contributed by atoms with Gasteiger partial charge in [0.1, 0.15) is 15.6 Å². The molecule has 19 heavy (non-hydrogen) atoms. The van der Waals surface area contributed by atoms with E-state index < -0.39 is 9.84 Å². The summed E-state index contributed by atoms with van der Waals surface area (Å²) in [6, 6.07) is 5.51. The van der Waals surface area contributed by atoms with Gasteiger partial charge in [-0.15, -0.1) is 0 Å². The molecule has 0 fully saturated rings. The van der Waals surface area contributed by atoms with Gasteiger partial charge >= 0.3 is 0 Å². The molecule has 0 aliphatic heterocycles. The zero-order valence-corrected chi connectivity index (χ0v) is 13.6. The Hall–Kier alpha value is -0.590. The molecule has 0 spiro atoms. The van der Waals surface area contributed by atoms with Gasteiger partial charge in [-0.25, -0.2) is 8.42 Å². The first-order valence-electron chi connectivity index (χ1n) is 6.24. The van der Waals surface area contributed by atoms with Crippen LogP contribution in [0.4, 0.5) is 0 Å². The minimum atomic E-state index is -2.92. The number of nitrogens with two attached hydrogens (primary N) is 1. The first kappa shape index (κ1) is 16.5. The van der Waals surface area contributed by atoms with Crippen LogP contribution < -0.4 is 10.5 Å². The van der Waals surface area contributed by atoms with Crippen molar-refractivity contribution < 1.29 is 13.2 Å². The van der Waals surface area contributed by atoms with Crippen molar-refractivity contribution in [3.63, 3.8) is 0 Å². The van der Waals surface area contributed by atoms with Gasteiger partial charge in [-0.05, 0) is 31.5 Å². The van der Waals surface area contributed by atoms with Crippen LogP contribution in [0, 0.1) is 0 Å². The molecule has 0 radical (unpaired) electrons. The standard InChI is InChI=1S/C13H20BrNO3S/c1-3-19(16,17)8-4-7-18-13-6-5-11(14)9-12(13)10(2)15/h5-6,9-10H,3-4,7-8,15H2,1-2H3/t10-/m1/s1. The van der Waals surface area contributed by atoms with Gasteiger partial charge in [-0.1, -0.05) is 22.9 Å². The SMILES string of the molecule is CCS(=O)(=O)CCCOc1ccc(Br)cc1[C@@H](C)N. The van der Waals surface area contributed by atoms with Gasteiger partial charge in [-0.2, -0.15) is 0 Å². The van der Waals surface area contributed by atoms with Crippen molar-refractivity contribution in [3.8, 4) is 5.75 Å². The van der Waals surface area contributed by atoms with Crippen molar-refractivity contribution in [2.75, 3.05) is 18.1 Å². The molecule has 1 rings (SSSR count). The average molecular weight is 350 g/mol. The van der Waals surface area contributed by atoms with Crippen molar-refractivity contribution >= 4 is 25.8 Å². The highest BCUT2D eigenvalue weighted by atomic mass is 79.9. The predicted molar refractivity (Wildman–Crippen MR) is 81.2 cm³/mol. The first-order valence-corrected chi connectivity index (χ1v) is 8.85. The number of hydrogen-bond donors (Lipinski definition) is 1. The second kappa shape index (κ2) is 7.26. The maximum absolute atomic E-state index is 11.3. The largest absolute Gasteiger partial charge is 0.493 e. The number of rotatable bonds is 7. The van der Waals surface area contributed by atoms with Crippen molar-refractivity contribution in [1.82, 2.24) is 0 Å². The molecule has 0 saturated heterocycles. The molecule has 0 aliphatic rings. The summed E-state index contributed by atoms with van der Waals surface area (Å²) in [5.41, 5.74) is 6.79. The van der Waals surface area contributed by atoms with Gasteiger partial charge in [0.25, 0.3) is 0 Å². The number of halogens is 1. The van der Waals surface area contributed by atoms with Crippen LogP contribution in [0.3, 0.4) is 0 Å². The molecule has 0 aliphatic carbocycles. The minimum Gasteiger partial charge on any atom is -0.493 e. The van der Waals surface area contributed by atoms with Gasteiger partial charge in [-0.3, -0.25) is 0 Å². The second-order valence-electron chi connectivity index (χ2n) is 4.41. The van der Waals surface area contributed by atoms with Crippen molar-refractivity contribution in [3.05, 3.63) is 28.2 Å². The van der Waals surface area contributed by atoms with Crippen molar-refractivity contribution in [1.29, 1.82) is 0 Å². The minimum absolute atomic E-state index is 0.133. The topological polar surface area (TPSA) is 69.4 Å². The molecular weight excluding hydrogens is 330 g/mol. The van der Waals surface area contributed by atoms with E-state index in [0.717, 1.165) is 10.0 Å². The fourth-order valence-electron chi connectivity index (χ4n) is 1.61. The van der Waals surface area contributed by atoms with E-state index in [2.05, 4.69) is 15.9 Å². The lowest BCUT2D eigenvalue weighted by molar-refractivity contribution is 0.313. The summed E-state index contributed by atoms with van der Waals surface area (Å²) in [4.78, 5) is 0. The summed E-state index contributed by atoms with van der Waals surface area (Å²) in [6.45, 7) is 3.91. The first-order chi connectivity index (χ1) is 8.85. The van der Waals surface area contributed by atoms with Crippen LogP contribution in [-0.4, -0.2) is 26.5 Å². The van der Waals surface area contributed by atoms with Crippen molar-refractivity contribution in [2.24, 2.45) is 5.73 Å². The highest BCUT2D eigenvalue weighted by molar-refractivity contribution is 9.10. The van der Waals surface area contributed by atoms with E-state index in [1.807, 2.05) is 25.1 Å². The molecule has 1 aromatic carbocycles. The summed E-state index contributed by atoms with van der Waals surface area (Å²) in [7, 11) is -2.92. The van der Waals surface area contributed by atoms with Gasteiger partial charge in [0.2, 0.25) is 0 Å². The number of sulfone groups is 1. The fraction of sp³-hybridized carbons (Fsp3) is 0.538. The third-order valence-electron chi connectivity index (χ3n) is 2.76. The Morgan fingerprint density at radius 3 is 2.68 bits per heavy atom. The quantitative estimate of drug-likeness (QED) is 0.768. The molecule has 1 aromatic rings. The molecule has 4 nitrogen and oxygen atoms in total. The summed E-state index contributed by atoms with van der Waals surface area (Å²) in [5.74, 6) is 1.05. The zero-order valence-electron chi connectivity index (χ0n) is 11.2. The number of ether oxygens (including phenoxy) is 1. The highest BCUT2D eigenvalue weighted by Gasteiger charge is 2.10. The van der Waals surface area contributed by atoms with Crippen molar-refractivity contribution in [2.45, 2.75) is 26.3 Å². The Labute approximate surface area is 123 Å². The third-order valence-corrected chi connectivity index (χ3v) is 5.04. The Kier molecular flexibility index (Phi) is 6.29. The van der Waals surface area contributed by atoms with E-state index in [4.69, 9.17) is 10.5 Å². The van der Waals surface area contributed by atoms with Crippen LogP contribution in [-0.2, 0) is 9.84 Å². The summed E-state index contributed by atoms with van der Waals surface area (Å²) in [5, 5.41) is 0. The summed E-state index contributed by atoms with van der Waals surface area (Å²) >= 11 is 3.39. The van der Waals surface area contributed by atoms with Gasteiger partial charge in [0.15, 0.2) is 0 Å². The van der Waals surface area contributed by atoms with E-state index in [9.17, 15) is 8.42 Å². The van der Waals surface area contributed by atoms with Crippen LogP contribution in [0.5, 0.6) is 5.75 Å². The van der Waals surface area contributed by atoms with Crippen LogP contribution in [0.25, 0.3) is 0 Å². The Morgan fingerprint density at radius 1 is 1.42 bits per heavy atom. The average Bonchev–Trinajstić information content (AvgIpc) is 2.36. The Balaban J connectivity index is 2.59. The van der Waals surface area contributed by atoms with Gasteiger partial charge < -0.3 is 10.5 Å². The molecular formula is C13H20BrNO3S. The Morgan fingerprint density at radius 2 is 2.11 bits per heavy atom. The molecule has 6 heteroatoms. The molecule has 0 heterocycles. The molecule has 0 amide bonds. The molecule has 0 saturated carbocycles. The molecule has 0 unspecified atom stereocenters. The maximum Gasteiger partial charge on any atom is 0.150 e. The van der Waals surface area contributed by atoms with Gasteiger partial charge in [0.05, 0.1) is 12.4 Å². The highest BCUT2D eigenvalue weighted by Crippen LogP contribution is 2.27. The second-order valence-corrected chi connectivity index (χ2v) is 7.80. The number of hydrogen-bond acceptors (Lipinski definition) is 4. The monoisotopic (exact) mass is 349 g/mol. The lowest BCUT2D eigenvalue weighted by Crippen LogP contribution is -2.13. The van der Waals surface area contributed by atoms with Crippen LogP contribution in [0.15, 0.2) is 22.7 Å². The normalized spacial score (nSPS) is 13.3. The Bertz CT molecular complexity index is 515. The van der Waals surface area contributed by atoms with Crippen LogP contribution in [0.2, 0.25) is 0 Å². The van der Waals surface area contributed by atoms with E-state index in [-0.39, 0.29) is 17.5 Å². The molecule has 0 aromatic heterocycles. The van der Waals surface area contributed by atoms with Crippen LogP contribution in [0.1, 0.15) is 31.9 Å². The van der Waals surface area contributed by atoms with E-state index in [0.29, 0.717) is 18.8 Å². The fourth-order valence-corrected chi connectivity index (χ4v) is 2.84. The smallest absolute Gasteiger partial charge is 0.150 e. The molecule has 108 valence electrons. The van der Waals surface area contributed by atoms with E-state index in [1.165, 1.54) is 0 Å². The lowest BCUT2D eigenvalue weighted by atomic mass is 10.1. The lowest BCUT2D eigenvalue weighted by Gasteiger charge is -2.14. The van der Waals surface area contributed by atoms with E-state index >= 15 is 0 Å². The third kappa shape index (κ3) is 5.50. The predicted octanol–water partition coefficient (Wildman–Crippen LogP) is 2.67. The molecule has 2 N–H and O–H groups in total. The van der Waals surface area contributed by atoms with E-state index in [1.54, 1.807) is 6.92 Å². The number of benzene rings is 1. The molecule has 1 atom stereocenters. The van der Waals surface area contributed by atoms with Gasteiger partial charge in [0, 0.05) is 21.8 Å². The summed E-state index contributed by atoms with van der Waals surface area (Å²) < 4.78 is 29.3. The maximum atomic E-state index is 11.3.